The van der Waals surface area contributed by atoms with Gasteiger partial charge < -0.3 is 0 Å². The summed E-state index contributed by atoms with van der Waals surface area (Å²) in [6, 6.07) is 10.4. The van der Waals surface area contributed by atoms with Crippen molar-refractivity contribution in [2.75, 3.05) is 0 Å². The molecule has 0 amide bonds. The second-order valence-electron chi connectivity index (χ2n) is 3.84. The van der Waals surface area contributed by atoms with Gasteiger partial charge in [0.2, 0.25) is 0 Å². The van der Waals surface area contributed by atoms with E-state index in [0.717, 1.165) is 22.5 Å². The van der Waals surface area contributed by atoms with Crippen molar-refractivity contribution >= 4 is 23.7 Å². The topological polar surface area (TPSA) is 17.1 Å². The average Bonchev–Trinajstić information content (AvgIpc) is 2.96. The van der Waals surface area contributed by atoms with Gasteiger partial charge in [0, 0.05) is 4.88 Å². The molecule has 1 aromatic carbocycles. The lowest BCUT2D eigenvalue weighted by Crippen LogP contribution is -1.81. The van der Waals surface area contributed by atoms with Crippen molar-refractivity contribution < 1.29 is 4.79 Å². The molecule has 0 fully saturated rings. The smallest absolute Gasteiger partial charge is 0.160 e. The summed E-state index contributed by atoms with van der Waals surface area (Å²) in [5, 5.41) is 0. The molecule has 2 aromatic rings. The van der Waals surface area contributed by atoms with Crippen LogP contribution in [0.4, 0.5) is 0 Å². The van der Waals surface area contributed by atoms with Crippen molar-refractivity contribution in [2.24, 2.45) is 0 Å². The lowest BCUT2D eigenvalue weighted by atomic mass is 10.1. The van der Waals surface area contributed by atoms with Gasteiger partial charge >= 0.3 is 0 Å². The highest BCUT2D eigenvalue weighted by Gasteiger charge is 2.08. The highest BCUT2D eigenvalue weighted by atomic mass is 32.1. The molecule has 0 aliphatic heterocycles. The number of thiophene rings is 1. The van der Waals surface area contributed by atoms with Crippen molar-refractivity contribution in [1.29, 1.82) is 0 Å². The van der Waals surface area contributed by atoms with E-state index in [-0.39, 0.29) is 0 Å². The molecule has 1 aliphatic rings. The molecule has 0 radical (unpaired) electrons. The van der Waals surface area contributed by atoms with E-state index >= 15 is 0 Å². The van der Waals surface area contributed by atoms with Gasteiger partial charge in [-0.1, -0.05) is 24.3 Å². The van der Waals surface area contributed by atoms with E-state index in [1.807, 2.05) is 12.1 Å². The lowest BCUT2D eigenvalue weighted by molar-refractivity contribution is 0.112. The van der Waals surface area contributed by atoms with Gasteiger partial charge in [-0.15, -0.1) is 11.3 Å². The van der Waals surface area contributed by atoms with Crippen LogP contribution in [0.1, 0.15) is 20.8 Å². The highest BCUT2D eigenvalue weighted by molar-refractivity contribution is 7.17. The molecule has 1 nitrogen and oxygen atoms in total. The van der Waals surface area contributed by atoms with E-state index < -0.39 is 0 Å². The second-order valence-corrected chi connectivity index (χ2v) is 4.96. The number of fused-ring (bicyclic) bond motifs is 1. The van der Waals surface area contributed by atoms with Crippen LogP contribution in [-0.2, 0) is 6.42 Å². The molecule has 1 aliphatic carbocycles. The number of rotatable bonds is 2. The van der Waals surface area contributed by atoms with Crippen LogP contribution in [0.2, 0.25) is 0 Å². The zero-order chi connectivity index (χ0) is 11.0. The first-order valence-electron chi connectivity index (χ1n) is 5.22. The maximum atomic E-state index is 10.6. The fourth-order valence-electron chi connectivity index (χ4n) is 1.97. The Labute approximate surface area is 98.1 Å². The fraction of sp³-hybridized carbons (Fsp3) is 0.0714. The molecule has 0 spiro atoms. The monoisotopic (exact) mass is 226 g/mol. The largest absolute Gasteiger partial charge is 0.297 e. The first-order valence-corrected chi connectivity index (χ1v) is 6.03. The number of allylic oxidation sites excluding steroid dienone is 1. The molecule has 1 aromatic heterocycles. The van der Waals surface area contributed by atoms with E-state index in [1.165, 1.54) is 28.0 Å². The van der Waals surface area contributed by atoms with Gasteiger partial charge in [-0.2, -0.15) is 0 Å². The van der Waals surface area contributed by atoms with E-state index in [0.29, 0.717) is 0 Å². The van der Waals surface area contributed by atoms with Crippen molar-refractivity contribution in [2.45, 2.75) is 6.42 Å². The average molecular weight is 226 g/mol. The Morgan fingerprint density at radius 3 is 2.94 bits per heavy atom. The van der Waals surface area contributed by atoms with E-state index in [4.69, 9.17) is 0 Å². The summed E-state index contributed by atoms with van der Waals surface area (Å²) in [4.78, 5) is 12.6. The molecule has 0 saturated heterocycles. The number of hydrogen-bond acceptors (Lipinski definition) is 2. The third-order valence-electron chi connectivity index (χ3n) is 2.81. The van der Waals surface area contributed by atoms with Gasteiger partial charge in [-0.25, -0.2) is 0 Å². The van der Waals surface area contributed by atoms with Gasteiger partial charge in [0.1, 0.15) is 0 Å². The minimum atomic E-state index is 0.783. The van der Waals surface area contributed by atoms with Gasteiger partial charge in [-0.3, -0.25) is 4.79 Å². The minimum absolute atomic E-state index is 0.783. The maximum Gasteiger partial charge on any atom is 0.160 e. The minimum Gasteiger partial charge on any atom is -0.297 e. The summed E-state index contributed by atoms with van der Waals surface area (Å²) in [5.41, 5.74) is 3.89. The van der Waals surface area contributed by atoms with Gasteiger partial charge in [0.25, 0.3) is 0 Å². The third-order valence-corrected chi connectivity index (χ3v) is 3.87. The Hall–Kier alpha value is -1.67. The van der Waals surface area contributed by atoms with Crippen LogP contribution < -0.4 is 0 Å². The van der Waals surface area contributed by atoms with Crippen LogP contribution in [0.25, 0.3) is 16.5 Å². The number of carbonyl (C=O) groups is 1. The van der Waals surface area contributed by atoms with Crippen LogP contribution >= 0.6 is 11.3 Å². The molecular formula is C14H10OS. The van der Waals surface area contributed by atoms with Crippen molar-refractivity contribution in [1.82, 2.24) is 0 Å². The number of carbonyl (C=O) groups excluding carboxylic acids is 1. The Morgan fingerprint density at radius 1 is 1.19 bits per heavy atom. The summed E-state index contributed by atoms with van der Waals surface area (Å²) < 4.78 is 0. The zero-order valence-corrected chi connectivity index (χ0v) is 9.46. The zero-order valence-electron chi connectivity index (χ0n) is 8.64. The molecule has 0 unspecified atom stereocenters. The molecule has 0 atom stereocenters. The maximum absolute atomic E-state index is 10.6. The van der Waals surface area contributed by atoms with Crippen LogP contribution in [0, 0.1) is 0 Å². The van der Waals surface area contributed by atoms with E-state index in [9.17, 15) is 4.79 Å². The second kappa shape index (κ2) is 3.72. The normalized spacial score (nSPS) is 12.8. The van der Waals surface area contributed by atoms with E-state index in [2.05, 4.69) is 30.4 Å². The Morgan fingerprint density at radius 2 is 2.12 bits per heavy atom. The standard InChI is InChI=1S/C14H10OS/c15-9-13-6-7-14(16-13)12-5-4-10-2-1-3-11(10)8-12/h1,3-9H,2H2. The van der Waals surface area contributed by atoms with Crippen molar-refractivity contribution in [3.05, 3.63) is 52.4 Å². The molecule has 16 heavy (non-hydrogen) atoms. The summed E-state index contributed by atoms with van der Waals surface area (Å²) in [5.74, 6) is 0. The molecule has 2 heteroatoms. The third kappa shape index (κ3) is 1.51. The Balaban J connectivity index is 2.06. The predicted octanol–water partition coefficient (Wildman–Crippen LogP) is 3.80. The highest BCUT2D eigenvalue weighted by Crippen LogP contribution is 2.31. The van der Waals surface area contributed by atoms with E-state index in [1.54, 1.807) is 0 Å². The van der Waals surface area contributed by atoms with Crippen LogP contribution in [0.15, 0.2) is 36.4 Å². The van der Waals surface area contributed by atoms with Gasteiger partial charge in [-0.05, 0) is 41.3 Å². The predicted molar refractivity (Wildman–Crippen MR) is 67.9 cm³/mol. The fourth-order valence-corrected chi connectivity index (χ4v) is 2.79. The molecular weight excluding hydrogens is 216 g/mol. The summed E-state index contributed by atoms with van der Waals surface area (Å²) in [7, 11) is 0. The lowest BCUT2D eigenvalue weighted by Gasteiger charge is -2.02. The van der Waals surface area contributed by atoms with Crippen molar-refractivity contribution in [3.8, 4) is 10.4 Å². The number of hydrogen-bond donors (Lipinski definition) is 0. The number of benzene rings is 1. The SMILES string of the molecule is O=Cc1ccc(-c2ccc3c(c2)C=CC3)s1. The van der Waals surface area contributed by atoms with Crippen LogP contribution in [0.3, 0.4) is 0 Å². The van der Waals surface area contributed by atoms with Crippen molar-refractivity contribution in [3.63, 3.8) is 0 Å². The van der Waals surface area contributed by atoms with Gasteiger partial charge in [0.15, 0.2) is 6.29 Å². The van der Waals surface area contributed by atoms with Crippen LogP contribution in [-0.4, -0.2) is 6.29 Å². The first-order chi connectivity index (χ1) is 7.86. The summed E-state index contributed by atoms with van der Waals surface area (Å²) in [6.45, 7) is 0. The molecule has 78 valence electrons. The Bertz CT molecular complexity index is 578. The first kappa shape index (κ1) is 9.55. The molecule has 0 N–H and O–H groups in total. The summed E-state index contributed by atoms with van der Waals surface area (Å²) in [6.07, 6.45) is 6.29. The Kier molecular flexibility index (Phi) is 2.22. The summed E-state index contributed by atoms with van der Waals surface area (Å²) >= 11 is 1.54. The molecule has 3 rings (SSSR count). The quantitative estimate of drug-likeness (QED) is 0.712. The van der Waals surface area contributed by atoms with Gasteiger partial charge in [0.05, 0.1) is 4.88 Å². The molecule has 0 saturated carbocycles. The number of aldehydes is 1. The molecule has 0 bridgehead atoms. The molecule has 1 heterocycles. The van der Waals surface area contributed by atoms with Crippen LogP contribution in [0.5, 0.6) is 0 Å².